The number of rotatable bonds is 6. The number of carbonyl (C=O) groups excluding carboxylic acids is 2. The number of carbonyl (C=O) groups is 2. The Morgan fingerprint density at radius 1 is 1.00 bits per heavy atom. The van der Waals surface area contributed by atoms with Crippen LogP contribution in [0.25, 0.3) is 10.9 Å². The molecule has 7 nitrogen and oxygen atoms in total. The predicted molar refractivity (Wildman–Crippen MR) is 134 cm³/mol. The maximum atomic E-state index is 13.4. The van der Waals surface area contributed by atoms with Gasteiger partial charge in [0.25, 0.3) is 0 Å². The normalized spacial score (nSPS) is 20.5. The zero-order valence-corrected chi connectivity index (χ0v) is 20.6. The molecular formula is C28H32FN3O4. The highest BCUT2D eigenvalue weighted by atomic mass is 19.1. The Balaban J connectivity index is 1.30. The topological polar surface area (TPSA) is 64.0 Å². The van der Waals surface area contributed by atoms with E-state index in [1.807, 2.05) is 45.8 Å². The van der Waals surface area contributed by atoms with Crippen LogP contribution in [0.15, 0.2) is 54.7 Å². The van der Waals surface area contributed by atoms with Gasteiger partial charge in [0.15, 0.2) is 0 Å². The first-order valence-corrected chi connectivity index (χ1v) is 12.6. The van der Waals surface area contributed by atoms with Gasteiger partial charge in [-0.1, -0.05) is 18.2 Å². The monoisotopic (exact) mass is 493 g/mol. The van der Waals surface area contributed by atoms with Gasteiger partial charge in [0.1, 0.15) is 17.7 Å². The first-order valence-electron chi connectivity index (χ1n) is 12.6. The van der Waals surface area contributed by atoms with E-state index in [2.05, 4.69) is 6.07 Å². The van der Waals surface area contributed by atoms with Crippen molar-refractivity contribution in [2.75, 3.05) is 39.4 Å². The van der Waals surface area contributed by atoms with Crippen molar-refractivity contribution in [2.45, 2.75) is 25.4 Å². The van der Waals surface area contributed by atoms with Crippen LogP contribution < -0.4 is 4.74 Å². The molecule has 5 rings (SSSR count). The van der Waals surface area contributed by atoms with Crippen molar-refractivity contribution in [3.63, 3.8) is 0 Å². The number of piperidine rings is 1. The molecule has 2 atom stereocenters. The number of morpholine rings is 1. The molecule has 8 heteroatoms. The zero-order chi connectivity index (χ0) is 25.1. The van der Waals surface area contributed by atoms with Crippen LogP contribution in [0.1, 0.15) is 18.4 Å². The average molecular weight is 494 g/mol. The molecule has 2 aromatic carbocycles. The van der Waals surface area contributed by atoms with Gasteiger partial charge in [-0.15, -0.1) is 0 Å². The molecule has 0 radical (unpaired) electrons. The molecule has 0 N–H and O–H groups in total. The van der Waals surface area contributed by atoms with Crippen LogP contribution in [0, 0.1) is 11.7 Å². The van der Waals surface area contributed by atoms with Crippen LogP contribution in [0.4, 0.5) is 4.39 Å². The Morgan fingerprint density at radius 3 is 2.53 bits per heavy atom. The summed E-state index contributed by atoms with van der Waals surface area (Å²) in [4.78, 5) is 30.2. The van der Waals surface area contributed by atoms with Crippen LogP contribution >= 0.6 is 0 Å². The zero-order valence-electron chi connectivity index (χ0n) is 20.6. The molecule has 3 heterocycles. The molecule has 0 spiro atoms. The second kappa shape index (κ2) is 10.7. The fourth-order valence-electron chi connectivity index (χ4n) is 5.28. The highest BCUT2D eigenvalue weighted by Gasteiger charge is 2.35. The van der Waals surface area contributed by atoms with E-state index in [0.29, 0.717) is 64.4 Å². The van der Waals surface area contributed by atoms with E-state index in [1.165, 1.54) is 12.1 Å². The molecule has 2 aliphatic rings. The fraction of sp³-hybridized carbons (Fsp3) is 0.429. The van der Waals surface area contributed by atoms with Gasteiger partial charge in [-0.25, -0.2) is 4.39 Å². The van der Waals surface area contributed by atoms with Crippen LogP contribution in [-0.4, -0.2) is 71.7 Å². The second-order valence-corrected chi connectivity index (χ2v) is 9.66. The lowest BCUT2D eigenvalue weighted by Gasteiger charge is -2.39. The number of fused-ring (bicyclic) bond motifs is 1. The summed E-state index contributed by atoms with van der Waals surface area (Å²) in [5.74, 6) is 0.196. The Hall–Kier alpha value is -3.39. The van der Waals surface area contributed by atoms with Crippen LogP contribution in [0.5, 0.6) is 5.75 Å². The summed E-state index contributed by atoms with van der Waals surface area (Å²) in [6.07, 6.45) is 3.01. The number of aryl methyl sites for hydroxylation is 1. The van der Waals surface area contributed by atoms with Crippen molar-refractivity contribution in [1.29, 1.82) is 0 Å². The molecule has 1 aromatic heterocycles. The average Bonchev–Trinajstić information content (AvgIpc) is 3.22. The van der Waals surface area contributed by atoms with Crippen LogP contribution in [0.2, 0.25) is 0 Å². The summed E-state index contributed by atoms with van der Waals surface area (Å²) in [6.45, 7) is 3.25. The maximum absolute atomic E-state index is 13.4. The number of hydrogen-bond donors (Lipinski definition) is 0. The van der Waals surface area contributed by atoms with Gasteiger partial charge in [-0.2, -0.15) is 0 Å². The predicted octanol–water partition coefficient (Wildman–Crippen LogP) is 3.40. The summed E-state index contributed by atoms with van der Waals surface area (Å²) in [5.41, 5.74) is 2.10. The molecule has 3 aromatic rings. The number of benzene rings is 2. The maximum Gasteiger partial charge on any atom is 0.227 e. The summed E-state index contributed by atoms with van der Waals surface area (Å²) < 4.78 is 27.0. The molecule has 0 unspecified atom stereocenters. The minimum absolute atomic E-state index is 0.0513. The highest BCUT2D eigenvalue weighted by molar-refractivity contribution is 5.89. The van der Waals surface area contributed by atoms with E-state index in [-0.39, 0.29) is 29.7 Å². The van der Waals surface area contributed by atoms with Crippen molar-refractivity contribution >= 4 is 22.7 Å². The van der Waals surface area contributed by atoms with E-state index in [1.54, 1.807) is 12.1 Å². The summed E-state index contributed by atoms with van der Waals surface area (Å²) in [6, 6.07) is 14.0. The Kier molecular flexibility index (Phi) is 7.23. The molecule has 2 saturated heterocycles. The molecule has 190 valence electrons. The Bertz CT molecular complexity index is 1220. The molecule has 0 bridgehead atoms. The smallest absolute Gasteiger partial charge is 0.227 e. The quantitative estimate of drug-likeness (QED) is 0.528. The summed E-state index contributed by atoms with van der Waals surface area (Å²) in [7, 11) is 1.99. The van der Waals surface area contributed by atoms with Crippen molar-refractivity contribution in [3.05, 3.63) is 66.1 Å². The third kappa shape index (κ3) is 5.38. The number of amides is 2. The SMILES string of the molecule is Cn1cc(CC(=O)N2CC[C@H](Oc3ccc(F)cc3)[C@@H](CC(=O)N3CCOCC3)C2)c2ccccc21. The third-order valence-electron chi connectivity index (χ3n) is 7.24. The van der Waals surface area contributed by atoms with Crippen LogP contribution in [0.3, 0.4) is 0 Å². The lowest BCUT2D eigenvalue weighted by atomic mass is 9.90. The molecule has 2 aliphatic heterocycles. The Morgan fingerprint density at radius 2 is 1.75 bits per heavy atom. The van der Waals surface area contributed by atoms with Crippen LogP contribution in [-0.2, 0) is 27.8 Å². The minimum Gasteiger partial charge on any atom is -0.490 e. The number of aromatic nitrogens is 1. The fourth-order valence-corrected chi connectivity index (χ4v) is 5.28. The molecule has 2 amide bonds. The van der Waals surface area contributed by atoms with Gasteiger partial charge in [-0.05, 0) is 35.9 Å². The Labute approximate surface area is 210 Å². The summed E-state index contributed by atoms with van der Waals surface area (Å²) >= 11 is 0. The van der Waals surface area contributed by atoms with Gasteiger partial charge in [0.05, 0.1) is 19.6 Å². The molecule has 2 fully saturated rings. The lowest BCUT2D eigenvalue weighted by Crippen LogP contribution is -2.50. The van der Waals surface area contributed by atoms with E-state index < -0.39 is 0 Å². The van der Waals surface area contributed by atoms with E-state index in [4.69, 9.17) is 9.47 Å². The number of ether oxygens (including phenoxy) is 2. The first kappa shape index (κ1) is 24.3. The van der Waals surface area contributed by atoms with Crippen molar-refractivity contribution in [2.24, 2.45) is 13.0 Å². The molecule has 36 heavy (non-hydrogen) atoms. The lowest BCUT2D eigenvalue weighted by molar-refractivity contribution is -0.141. The van der Waals surface area contributed by atoms with Gasteiger partial charge in [0.2, 0.25) is 11.8 Å². The number of para-hydroxylation sites is 1. The second-order valence-electron chi connectivity index (χ2n) is 9.66. The van der Waals surface area contributed by atoms with Crippen molar-refractivity contribution < 1.29 is 23.5 Å². The molecule has 0 aliphatic carbocycles. The van der Waals surface area contributed by atoms with Gasteiger partial charge >= 0.3 is 0 Å². The summed E-state index contributed by atoms with van der Waals surface area (Å²) in [5, 5.41) is 1.09. The van der Waals surface area contributed by atoms with Gasteiger partial charge < -0.3 is 23.8 Å². The third-order valence-corrected chi connectivity index (χ3v) is 7.24. The van der Waals surface area contributed by atoms with E-state index >= 15 is 0 Å². The standard InChI is InChI=1S/C28H32FN3O4/c1-30-18-20(24-4-2-3-5-25(24)30)16-28(34)32-11-10-26(36-23-8-6-22(29)7-9-23)21(19-32)17-27(33)31-12-14-35-15-13-31/h2-9,18,21,26H,10-17,19H2,1H3/t21-,26-/m0/s1. The first-order chi connectivity index (χ1) is 17.5. The number of hydrogen-bond acceptors (Lipinski definition) is 4. The minimum atomic E-state index is -0.324. The largest absolute Gasteiger partial charge is 0.490 e. The number of halogens is 1. The molecule has 0 saturated carbocycles. The number of likely N-dealkylation sites (tertiary alicyclic amines) is 1. The van der Waals surface area contributed by atoms with Crippen molar-refractivity contribution in [1.82, 2.24) is 14.4 Å². The van der Waals surface area contributed by atoms with Gasteiger partial charge in [-0.3, -0.25) is 9.59 Å². The van der Waals surface area contributed by atoms with Gasteiger partial charge in [0, 0.05) is 69.1 Å². The highest BCUT2D eigenvalue weighted by Crippen LogP contribution is 2.28. The van der Waals surface area contributed by atoms with Crippen molar-refractivity contribution in [3.8, 4) is 5.75 Å². The van der Waals surface area contributed by atoms with E-state index in [0.717, 1.165) is 16.5 Å². The van der Waals surface area contributed by atoms with E-state index in [9.17, 15) is 14.0 Å². The number of nitrogens with zero attached hydrogens (tertiary/aromatic N) is 3. The molecular weight excluding hydrogens is 461 g/mol.